The van der Waals surface area contributed by atoms with E-state index < -0.39 is 0 Å². The van der Waals surface area contributed by atoms with E-state index >= 15 is 0 Å². The molecular formula is C24H28O2. The molecule has 1 aliphatic rings. The van der Waals surface area contributed by atoms with Crippen molar-refractivity contribution < 1.29 is 10.2 Å². The van der Waals surface area contributed by atoms with Crippen molar-refractivity contribution in [2.75, 3.05) is 0 Å². The van der Waals surface area contributed by atoms with Crippen molar-refractivity contribution in [3.63, 3.8) is 0 Å². The van der Waals surface area contributed by atoms with Crippen molar-refractivity contribution in [3.05, 3.63) is 83.5 Å². The first kappa shape index (κ1) is 18.3. The lowest BCUT2D eigenvalue weighted by Crippen LogP contribution is -2.35. The number of benzene rings is 2. The minimum absolute atomic E-state index is 0.0913. The molecule has 26 heavy (non-hydrogen) atoms. The van der Waals surface area contributed by atoms with Gasteiger partial charge in [0, 0.05) is 10.8 Å². The first-order chi connectivity index (χ1) is 12.3. The second kappa shape index (κ2) is 6.68. The highest BCUT2D eigenvalue weighted by atomic mass is 16.3. The van der Waals surface area contributed by atoms with Gasteiger partial charge in [-0.15, -0.1) is 0 Å². The van der Waals surface area contributed by atoms with E-state index in [0.717, 1.165) is 6.42 Å². The third-order valence-corrected chi connectivity index (χ3v) is 6.00. The zero-order valence-electron chi connectivity index (χ0n) is 16.0. The van der Waals surface area contributed by atoms with Crippen LogP contribution in [0.25, 0.3) is 0 Å². The summed E-state index contributed by atoms with van der Waals surface area (Å²) in [7, 11) is 0. The maximum Gasteiger partial charge on any atom is 0.115 e. The van der Waals surface area contributed by atoms with Crippen LogP contribution in [-0.2, 0) is 10.8 Å². The van der Waals surface area contributed by atoms with E-state index in [1.54, 1.807) is 24.3 Å². The Morgan fingerprint density at radius 1 is 0.885 bits per heavy atom. The average Bonchev–Trinajstić information content (AvgIpc) is 2.62. The molecule has 1 unspecified atom stereocenters. The molecule has 0 saturated carbocycles. The van der Waals surface area contributed by atoms with Crippen LogP contribution in [0.15, 0.2) is 72.3 Å². The Morgan fingerprint density at radius 3 is 1.96 bits per heavy atom. The summed E-state index contributed by atoms with van der Waals surface area (Å²) in [6.07, 6.45) is 7.64. The number of phenolic OH excluding ortho intramolecular Hbond substituents is 2. The fourth-order valence-corrected chi connectivity index (χ4v) is 3.96. The van der Waals surface area contributed by atoms with Gasteiger partial charge >= 0.3 is 0 Å². The van der Waals surface area contributed by atoms with Gasteiger partial charge in [0.25, 0.3) is 0 Å². The van der Waals surface area contributed by atoms with Gasteiger partial charge in [-0.25, -0.2) is 0 Å². The molecule has 0 aromatic heterocycles. The number of phenols is 2. The lowest BCUT2D eigenvalue weighted by Gasteiger charge is -2.42. The minimum Gasteiger partial charge on any atom is -0.508 e. The van der Waals surface area contributed by atoms with Gasteiger partial charge in [0.2, 0.25) is 0 Å². The molecule has 0 radical (unpaired) electrons. The van der Waals surface area contributed by atoms with E-state index in [1.165, 1.54) is 16.7 Å². The molecule has 0 bridgehead atoms. The van der Waals surface area contributed by atoms with Crippen LogP contribution in [0.1, 0.15) is 45.2 Å². The van der Waals surface area contributed by atoms with Crippen molar-refractivity contribution >= 4 is 0 Å². The molecule has 2 nitrogen and oxygen atoms in total. The number of hydrogen-bond acceptors (Lipinski definition) is 2. The molecule has 2 aromatic rings. The van der Waals surface area contributed by atoms with Crippen LogP contribution in [-0.4, -0.2) is 10.2 Å². The van der Waals surface area contributed by atoms with E-state index in [9.17, 15) is 10.2 Å². The number of allylic oxidation sites excluding steroid dienone is 4. The number of rotatable bonds is 4. The van der Waals surface area contributed by atoms with Crippen molar-refractivity contribution in [1.29, 1.82) is 0 Å². The van der Waals surface area contributed by atoms with Gasteiger partial charge in [0.05, 0.1) is 0 Å². The quantitative estimate of drug-likeness (QED) is 0.727. The summed E-state index contributed by atoms with van der Waals surface area (Å²) in [5, 5.41) is 19.3. The van der Waals surface area contributed by atoms with Gasteiger partial charge in [0.1, 0.15) is 11.5 Å². The summed E-state index contributed by atoms with van der Waals surface area (Å²) in [6.45, 7) is 9.00. The molecule has 2 heteroatoms. The fourth-order valence-electron chi connectivity index (χ4n) is 3.96. The molecule has 2 N–H and O–H groups in total. The SMILES string of the molecule is CC(C)C1(c2ccc(O)cc2)C=CC=C(C(C)(C)c2ccc(O)cc2)C1. The fraction of sp³-hybridized carbons (Fsp3) is 0.333. The average molecular weight is 348 g/mol. The third-order valence-electron chi connectivity index (χ3n) is 6.00. The second-order valence-electron chi connectivity index (χ2n) is 8.14. The zero-order chi connectivity index (χ0) is 18.9. The van der Waals surface area contributed by atoms with Crippen molar-refractivity contribution in [1.82, 2.24) is 0 Å². The predicted octanol–water partition coefficient (Wildman–Crippen LogP) is 5.86. The molecule has 2 aromatic carbocycles. The Bertz CT molecular complexity index is 824. The highest BCUT2D eigenvalue weighted by Crippen LogP contribution is 2.47. The molecule has 3 rings (SSSR count). The van der Waals surface area contributed by atoms with Crippen LogP contribution < -0.4 is 0 Å². The number of hydrogen-bond donors (Lipinski definition) is 2. The first-order valence-corrected chi connectivity index (χ1v) is 9.23. The van der Waals surface area contributed by atoms with Gasteiger partial charge in [-0.3, -0.25) is 0 Å². The highest BCUT2D eigenvalue weighted by molar-refractivity contribution is 5.46. The lowest BCUT2D eigenvalue weighted by molar-refractivity contribution is 0.358. The van der Waals surface area contributed by atoms with Crippen molar-refractivity contribution in [2.45, 2.75) is 44.9 Å². The van der Waals surface area contributed by atoms with E-state index in [0.29, 0.717) is 17.4 Å². The van der Waals surface area contributed by atoms with Crippen molar-refractivity contribution in [2.24, 2.45) is 5.92 Å². The molecule has 0 heterocycles. The first-order valence-electron chi connectivity index (χ1n) is 9.23. The molecule has 1 atom stereocenters. The van der Waals surface area contributed by atoms with Crippen LogP contribution in [0, 0.1) is 5.92 Å². The van der Waals surface area contributed by atoms with Crippen LogP contribution >= 0.6 is 0 Å². The van der Waals surface area contributed by atoms with Crippen LogP contribution in [0.2, 0.25) is 0 Å². The van der Waals surface area contributed by atoms with Gasteiger partial charge in [-0.1, -0.05) is 75.8 Å². The zero-order valence-corrected chi connectivity index (χ0v) is 16.0. The minimum atomic E-state index is -0.129. The summed E-state index contributed by atoms with van der Waals surface area (Å²) >= 11 is 0. The maximum absolute atomic E-state index is 9.68. The van der Waals surface area contributed by atoms with Crippen molar-refractivity contribution in [3.8, 4) is 11.5 Å². The maximum atomic E-state index is 9.68. The van der Waals surface area contributed by atoms with Crippen LogP contribution in [0.5, 0.6) is 11.5 Å². The van der Waals surface area contributed by atoms with Gasteiger partial charge in [-0.05, 0) is 47.7 Å². The molecule has 0 saturated heterocycles. The Kier molecular flexibility index (Phi) is 4.70. The summed E-state index contributed by atoms with van der Waals surface area (Å²) < 4.78 is 0. The molecule has 0 amide bonds. The number of aromatic hydroxyl groups is 2. The Labute approximate surface area is 156 Å². The summed E-state index contributed by atoms with van der Waals surface area (Å²) in [4.78, 5) is 0. The molecule has 1 aliphatic carbocycles. The van der Waals surface area contributed by atoms with E-state index in [1.807, 2.05) is 24.3 Å². The monoisotopic (exact) mass is 348 g/mol. The standard InChI is InChI=1S/C24H28O2/c1-17(2)24(19-9-13-22(26)14-10-19)15-5-6-20(16-24)23(3,4)18-7-11-21(25)12-8-18/h5-15,17,25-26H,16H2,1-4H3. The predicted molar refractivity (Wildman–Crippen MR) is 108 cm³/mol. The molecule has 0 aliphatic heterocycles. The normalized spacial score (nSPS) is 20.3. The van der Waals surface area contributed by atoms with Crippen LogP contribution in [0.3, 0.4) is 0 Å². The Morgan fingerprint density at radius 2 is 1.42 bits per heavy atom. The van der Waals surface area contributed by atoms with Gasteiger partial charge < -0.3 is 10.2 Å². The van der Waals surface area contributed by atoms with Gasteiger partial charge in [0.15, 0.2) is 0 Å². The largest absolute Gasteiger partial charge is 0.508 e. The van der Waals surface area contributed by atoms with Gasteiger partial charge in [-0.2, -0.15) is 0 Å². The summed E-state index contributed by atoms with van der Waals surface area (Å²) in [5.41, 5.74) is 3.57. The van der Waals surface area contributed by atoms with Crippen LogP contribution in [0.4, 0.5) is 0 Å². The van der Waals surface area contributed by atoms with E-state index in [2.05, 4.69) is 45.9 Å². The molecule has 0 fully saturated rings. The highest BCUT2D eigenvalue weighted by Gasteiger charge is 2.39. The smallest absolute Gasteiger partial charge is 0.115 e. The van der Waals surface area contributed by atoms with E-state index in [4.69, 9.17) is 0 Å². The summed E-state index contributed by atoms with van der Waals surface area (Å²) in [6, 6.07) is 15.1. The topological polar surface area (TPSA) is 40.5 Å². The Hall–Kier alpha value is -2.48. The third kappa shape index (κ3) is 3.16. The Balaban J connectivity index is 2.01. The molecular weight excluding hydrogens is 320 g/mol. The van der Waals surface area contributed by atoms with E-state index in [-0.39, 0.29) is 10.8 Å². The molecule has 136 valence electrons. The summed E-state index contributed by atoms with van der Waals surface area (Å²) in [5.74, 6) is 1.01. The second-order valence-corrected chi connectivity index (χ2v) is 8.14. The molecule has 0 spiro atoms. The lowest BCUT2D eigenvalue weighted by atomic mass is 9.61.